The van der Waals surface area contributed by atoms with Gasteiger partial charge in [0, 0.05) is 32.2 Å². The molecule has 0 bridgehead atoms. The van der Waals surface area contributed by atoms with Crippen molar-refractivity contribution in [2.75, 3.05) is 45.3 Å². The molecule has 1 aromatic carbocycles. The molecule has 21 heavy (non-hydrogen) atoms. The second kappa shape index (κ2) is 6.80. The summed E-state index contributed by atoms with van der Waals surface area (Å²) in [6.07, 6.45) is 3.77. The molecule has 116 valence electrons. The molecule has 1 unspecified atom stereocenters. The Morgan fingerprint density at radius 3 is 2.86 bits per heavy atom. The van der Waals surface area contributed by atoms with Crippen LogP contribution in [0.25, 0.3) is 0 Å². The van der Waals surface area contributed by atoms with Gasteiger partial charge in [-0.05, 0) is 44.6 Å². The maximum Gasteiger partial charge on any atom is 0.253 e. The smallest absolute Gasteiger partial charge is 0.253 e. The van der Waals surface area contributed by atoms with Crippen LogP contribution in [0.4, 0.5) is 11.4 Å². The Morgan fingerprint density at radius 1 is 1.43 bits per heavy atom. The van der Waals surface area contributed by atoms with Gasteiger partial charge >= 0.3 is 0 Å². The van der Waals surface area contributed by atoms with Crippen LogP contribution < -0.4 is 11.1 Å². The molecule has 5 nitrogen and oxygen atoms in total. The molecule has 1 aliphatic heterocycles. The first kappa shape index (κ1) is 15.6. The number of nitrogen functional groups attached to an aromatic ring is 1. The number of piperidine rings is 1. The van der Waals surface area contributed by atoms with Crippen LogP contribution >= 0.6 is 0 Å². The zero-order valence-corrected chi connectivity index (χ0v) is 13.2. The second-order valence-electron chi connectivity index (χ2n) is 6.01. The molecule has 0 spiro atoms. The fraction of sp³-hybridized carbons (Fsp3) is 0.562. The van der Waals surface area contributed by atoms with Crippen molar-refractivity contribution >= 4 is 17.3 Å². The van der Waals surface area contributed by atoms with Crippen molar-refractivity contribution in [3.05, 3.63) is 23.8 Å². The van der Waals surface area contributed by atoms with Crippen molar-refractivity contribution in [3.63, 3.8) is 0 Å². The van der Waals surface area contributed by atoms with E-state index in [2.05, 4.69) is 17.3 Å². The molecule has 0 aliphatic carbocycles. The molecule has 3 N–H and O–H groups in total. The first-order valence-corrected chi connectivity index (χ1v) is 7.54. The molecule has 1 heterocycles. The summed E-state index contributed by atoms with van der Waals surface area (Å²) in [6, 6.07) is 5.95. The highest BCUT2D eigenvalue weighted by Gasteiger charge is 2.19. The van der Waals surface area contributed by atoms with Gasteiger partial charge in [-0.15, -0.1) is 0 Å². The normalized spacial score (nSPS) is 19.3. The van der Waals surface area contributed by atoms with Gasteiger partial charge in [0.05, 0.1) is 11.4 Å². The molecule has 1 atom stereocenters. The minimum absolute atomic E-state index is 0.00663. The van der Waals surface area contributed by atoms with Crippen LogP contribution in [0.5, 0.6) is 0 Å². The quantitative estimate of drug-likeness (QED) is 0.831. The fourth-order valence-corrected chi connectivity index (χ4v) is 2.73. The predicted molar refractivity (Wildman–Crippen MR) is 87.6 cm³/mol. The van der Waals surface area contributed by atoms with Crippen molar-refractivity contribution in [2.24, 2.45) is 0 Å². The summed E-state index contributed by atoms with van der Waals surface area (Å²) in [5, 5.41) is 3.41. The van der Waals surface area contributed by atoms with Crippen molar-refractivity contribution in [1.82, 2.24) is 9.80 Å². The lowest BCUT2D eigenvalue weighted by molar-refractivity contribution is 0.0827. The van der Waals surface area contributed by atoms with E-state index in [0.29, 0.717) is 17.3 Å². The van der Waals surface area contributed by atoms with Crippen LogP contribution in [0.1, 0.15) is 29.6 Å². The molecule has 1 aromatic rings. The number of likely N-dealkylation sites (tertiary alicyclic amines) is 1. The Morgan fingerprint density at radius 2 is 2.19 bits per heavy atom. The highest BCUT2D eigenvalue weighted by molar-refractivity contribution is 5.95. The largest absolute Gasteiger partial charge is 0.397 e. The number of hydrogen-bond donors (Lipinski definition) is 2. The van der Waals surface area contributed by atoms with E-state index < -0.39 is 0 Å². The Bertz CT molecular complexity index is 501. The number of carbonyl (C=O) groups excluding carboxylic acids is 1. The average Bonchev–Trinajstić information content (AvgIpc) is 2.47. The predicted octanol–water partition coefficient (Wildman–Crippen LogP) is 1.87. The number of likely N-dealkylation sites (N-methyl/N-ethyl adjacent to an activating group) is 1. The summed E-state index contributed by atoms with van der Waals surface area (Å²) in [5.74, 6) is -0.00663. The van der Waals surface area contributed by atoms with E-state index >= 15 is 0 Å². The minimum atomic E-state index is -0.00663. The van der Waals surface area contributed by atoms with E-state index in [4.69, 9.17) is 5.73 Å². The summed E-state index contributed by atoms with van der Waals surface area (Å²) in [6.45, 7) is 2.02. The second-order valence-corrected chi connectivity index (χ2v) is 6.01. The van der Waals surface area contributed by atoms with Crippen molar-refractivity contribution in [2.45, 2.75) is 25.3 Å². The van der Waals surface area contributed by atoms with E-state index in [1.165, 1.54) is 19.3 Å². The lowest BCUT2D eigenvalue weighted by Crippen LogP contribution is -2.40. The van der Waals surface area contributed by atoms with E-state index in [-0.39, 0.29) is 5.91 Å². The van der Waals surface area contributed by atoms with Crippen molar-refractivity contribution in [1.29, 1.82) is 0 Å². The molecule has 1 fully saturated rings. The molecule has 1 amide bonds. The Kier molecular flexibility index (Phi) is 5.07. The van der Waals surface area contributed by atoms with E-state index in [9.17, 15) is 4.79 Å². The Hall–Kier alpha value is -1.75. The zero-order chi connectivity index (χ0) is 15.4. The SMILES string of the molecule is CN(C)C(=O)c1ccc(N)c(NCC2CCCCN2C)c1. The van der Waals surface area contributed by atoms with E-state index in [0.717, 1.165) is 18.8 Å². The average molecular weight is 290 g/mol. The maximum absolute atomic E-state index is 12.0. The summed E-state index contributed by atoms with van der Waals surface area (Å²) in [4.78, 5) is 16.0. The number of nitrogens with zero attached hydrogens (tertiary/aromatic N) is 2. The van der Waals surface area contributed by atoms with Crippen molar-refractivity contribution in [3.8, 4) is 0 Å². The fourth-order valence-electron chi connectivity index (χ4n) is 2.73. The summed E-state index contributed by atoms with van der Waals surface area (Å²) < 4.78 is 0. The summed E-state index contributed by atoms with van der Waals surface area (Å²) in [5.41, 5.74) is 8.21. The van der Waals surface area contributed by atoms with Gasteiger partial charge in [0.2, 0.25) is 0 Å². The van der Waals surface area contributed by atoms with Crippen LogP contribution in [0.2, 0.25) is 0 Å². The zero-order valence-electron chi connectivity index (χ0n) is 13.2. The third-order valence-electron chi connectivity index (χ3n) is 4.16. The monoisotopic (exact) mass is 290 g/mol. The molecular weight excluding hydrogens is 264 g/mol. The molecule has 0 saturated carbocycles. The molecule has 1 aliphatic rings. The third-order valence-corrected chi connectivity index (χ3v) is 4.16. The van der Waals surface area contributed by atoms with Gasteiger partial charge in [-0.1, -0.05) is 6.42 Å². The van der Waals surface area contributed by atoms with Gasteiger partial charge in [-0.2, -0.15) is 0 Å². The number of hydrogen-bond acceptors (Lipinski definition) is 4. The topological polar surface area (TPSA) is 61.6 Å². The number of carbonyl (C=O) groups is 1. The maximum atomic E-state index is 12.0. The van der Waals surface area contributed by atoms with Gasteiger partial charge < -0.3 is 20.9 Å². The Balaban J connectivity index is 2.05. The molecule has 2 rings (SSSR count). The van der Waals surface area contributed by atoms with Gasteiger partial charge in [-0.3, -0.25) is 4.79 Å². The van der Waals surface area contributed by atoms with Crippen LogP contribution in [-0.4, -0.2) is 56.0 Å². The first-order chi connectivity index (χ1) is 9.99. The number of nitrogens with one attached hydrogen (secondary N) is 1. The number of amides is 1. The standard InChI is InChI=1S/C16H26N4O/c1-19(2)16(21)12-7-8-14(17)15(10-12)18-11-13-6-4-5-9-20(13)3/h7-8,10,13,18H,4-6,9,11,17H2,1-3H3. The molecule has 1 saturated heterocycles. The molecule has 0 radical (unpaired) electrons. The van der Waals surface area contributed by atoms with Gasteiger partial charge in [0.1, 0.15) is 0 Å². The van der Waals surface area contributed by atoms with Crippen LogP contribution in [0.3, 0.4) is 0 Å². The number of nitrogens with two attached hydrogens (primary N) is 1. The number of benzene rings is 1. The van der Waals surface area contributed by atoms with Gasteiger partial charge in [0.25, 0.3) is 5.91 Å². The van der Waals surface area contributed by atoms with Crippen LogP contribution in [0, 0.1) is 0 Å². The van der Waals surface area contributed by atoms with Crippen LogP contribution in [0.15, 0.2) is 18.2 Å². The van der Waals surface area contributed by atoms with Gasteiger partial charge in [-0.25, -0.2) is 0 Å². The lowest BCUT2D eigenvalue weighted by Gasteiger charge is -2.32. The highest BCUT2D eigenvalue weighted by atomic mass is 16.2. The molecule has 0 aromatic heterocycles. The summed E-state index contributed by atoms with van der Waals surface area (Å²) >= 11 is 0. The van der Waals surface area contributed by atoms with E-state index in [1.807, 2.05) is 6.07 Å². The molecule has 5 heteroatoms. The third kappa shape index (κ3) is 3.88. The number of rotatable bonds is 4. The first-order valence-electron chi connectivity index (χ1n) is 7.54. The van der Waals surface area contributed by atoms with E-state index in [1.54, 1.807) is 31.1 Å². The Labute approximate surface area is 127 Å². The van der Waals surface area contributed by atoms with Gasteiger partial charge in [0.15, 0.2) is 0 Å². The highest BCUT2D eigenvalue weighted by Crippen LogP contribution is 2.22. The lowest BCUT2D eigenvalue weighted by atomic mass is 10.0. The minimum Gasteiger partial charge on any atom is -0.397 e. The molecular formula is C16H26N4O. The van der Waals surface area contributed by atoms with Crippen LogP contribution in [-0.2, 0) is 0 Å². The van der Waals surface area contributed by atoms with Crippen molar-refractivity contribution < 1.29 is 4.79 Å². The number of anilines is 2. The summed E-state index contributed by atoms with van der Waals surface area (Å²) in [7, 11) is 5.67.